The lowest BCUT2D eigenvalue weighted by molar-refractivity contribution is 0.355. The minimum absolute atomic E-state index is 0.148. The van der Waals surface area contributed by atoms with Crippen LogP contribution in [0.5, 0.6) is 11.5 Å². The van der Waals surface area contributed by atoms with Crippen LogP contribution in [0.2, 0.25) is 0 Å². The fourth-order valence-electron chi connectivity index (χ4n) is 2.77. The molecule has 2 aromatic carbocycles. The summed E-state index contributed by atoms with van der Waals surface area (Å²) in [4.78, 5) is 13.5. The topological polar surface area (TPSA) is 65.7 Å². The van der Waals surface area contributed by atoms with Crippen LogP contribution in [0.15, 0.2) is 51.7 Å². The molecule has 2 heterocycles. The van der Waals surface area contributed by atoms with Crippen LogP contribution in [0.1, 0.15) is 5.56 Å². The molecule has 0 amide bonds. The SMILES string of the molecule is COc1ccc(-c2nnc3s/c(=C\c4cccc(Br)c4)c(=O)n23)cc1OC. The van der Waals surface area contributed by atoms with Gasteiger partial charge < -0.3 is 9.47 Å². The van der Waals surface area contributed by atoms with Crippen molar-refractivity contribution in [3.63, 3.8) is 0 Å². The maximum absolute atomic E-state index is 12.9. The quantitative estimate of drug-likeness (QED) is 0.484. The molecule has 0 fully saturated rings. The molecule has 0 N–H and O–H groups in total. The summed E-state index contributed by atoms with van der Waals surface area (Å²) in [5.41, 5.74) is 1.51. The molecular formula is C19H14BrN3O3S. The lowest BCUT2D eigenvalue weighted by Gasteiger charge is -2.08. The highest BCUT2D eigenvalue weighted by Gasteiger charge is 2.16. The van der Waals surface area contributed by atoms with Crippen LogP contribution in [0.3, 0.4) is 0 Å². The number of ether oxygens (including phenoxy) is 2. The zero-order valence-electron chi connectivity index (χ0n) is 14.5. The van der Waals surface area contributed by atoms with Gasteiger partial charge in [-0.15, -0.1) is 10.2 Å². The summed E-state index contributed by atoms with van der Waals surface area (Å²) in [7, 11) is 3.14. The average molecular weight is 444 g/mol. The van der Waals surface area contributed by atoms with Gasteiger partial charge in [-0.05, 0) is 42.0 Å². The molecule has 4 rings (SSSR count). The van der Waals surface area contributed by atoms with Gasteiger partial charge in [0.05, 0.1) is 18.8 Å². The van der Waals surface area contributed by atoms with Crippen molar-refractivity contribution >= 4 is 38.3 Å². The lowest BCUT2D eigenvalue weighted by Crippen LogP contribution is -2.23. The zero-order chi connectivity index (χ0) is 19.0. The molecule has 2 aromatic heterocycles. The normalized spacial score (nSPS) is 11.9. The van der Waals surface area contributed by atoms with Crippen LogP contribution in [-0.2, 0) is 0 Å². The molecule has 27 heavy (non-hydrogen) atoms. The number of hydrogen-bond donors (Lipinski definition) is 0. The summed E-state index contributed by atoms with van der Waals surface area (Å²) in [6.07, 6.45) is 1.85. The Kier molecular flexibility index (Phi) is 4.67. The van der Waals surface area contributed by atoms with Gasteiger partial charge >= 0.3 is 0 Å². The summed E-state index contributed by atoms with van der Waals surface area (Å²) in [6, 6.07) is 13.2. The van der Waals surface area contributed by atoms with Crippen LogP contribution in [0.25, 0.3) is 22.4 Å². The van der Waals surface area contributed by atoms with E-state index in [1.54, 1.807) is 26.4 Å². The van der Waals surface area contributed by atoms with E-state index in [2.05, 4.69) is 26.1 Å². The van der Waals surface area contributed by atoms with Gasteiger partial charge in [-0.2, -0.15) is 0 Å². The molecule has 0 saturated carbocycles. The smallest absolute Gasteiger partial charge is 0.276 e. The zero-order valence-corrected chi connectivity index (χ0v) is 16.9. The van der Waals surface area contributed by atoms with Crippen molar-refractivity contribution in [3.05, 3.63) is 67.4 Å². The summed E-state index contributed by atoms with van der Waals surface area (Å²) >= 11 is 4.75. The molecule has 0 spiro atoms. The summed E-state index contributed by atoms with van der Waals surface area (Å²) in [6.45, 7) is 0. The Morgan fingerprint density at radius 1 is 1.07 bits per heavy atom. The minimum Gasteiger partial charge on any atom is -0.493 e. The van der Waals surface area contributed by atoms with Crippen LogP contribution < -0.4 is 19.6 Å². The molecule has 6 nitrogen and oxygen atoms in total. The number of methoxy groups -OCH3 is 2. The van der Waals surface area contributed by atoms with Gasteiger partial charge in [0.2, 0.25) is 4.96 Å². The van der Waals surface area contributed by atoms with E-state index >= 15 is 0 Å². The maximum atomic E-state index is 12.9. The highest BCUT2D eigenvalue weighted by molar-refractivity contribution is 9.10. The first kappa shape index (κ1) is 17.7. The van der Waals surface area contributed by atoms with E-state index in [-0.39, 0.29) is 5.56 Å². The van der Waals surface area contributed by atoms with Crippen LogP contribution in [0, 0.1) is 0 Å². The predicted octanol–water partition coefficient (Wildman–Crippen LogP) is 3.15. The molecule has 4 aromatic rings. The first-order valence-corrected chi connectivity index (χ1v) is 9.59. The first-order valence-electron chi connectivity index (χ1n) is 7.98. The number of halogens is 1. The molecule has 0 unspecified atom stereocenters. The maximum Gasteiger partial charge on any atom is 0.276 e. The van der Waals surface area contributed by atoms with Crippen molar-refractivity contribution in [2.45, 2.75) is 0 Å². The second-order valence-corrected chi connectivity index (χ2v) is 7.61. The van der Waals surface area contributed by atoms with E-state index in [9.17, 15) is 4.79 Å². The second-order valence-electron chi connectivity index (χ2n) is 5.68. The van der Waals surface area contributed by atoms with E-state index in [1.165, 1.54) is 15.7 Å². The number of thiazole rings is 1. The molecule has 136 valence electrons. The van der Waals surface area contributed by atoms with Gasteiger partial charge in [0, 0.05) is 10.0 Å². The average Bonchev–Trinajstić information content (AvgIpc) is 3.22. The molecule has 0 bridgehead atoms. The summed E-state index contributed by atoms with van der Waals surface area (Å²) in [5, 5.41) is 8.35. The summed E-state index contributed by atoms with van der Waals surface area (Å²) < 4.78 is 13.7. The Labute approximate surface area is 166 Å². The van der Waals surface area contributed by atoms with E-state index in [4.69, 9.17) is 9.47 Å². The van der Waals surface area contributed by atoms with Gasteiger partial charge in [0.15, 0.2) is 17.3 Å². The van der Waals surface area contributed by atoms with Crippen LogP contribution in [0.4, 0.5) is 0 Å². The largest absolute Gasteiger partial charge is 0.493 e. The number of hydrogen-bond acceptors (Lipinski definition) is 6. The Hall–Kier alpha value is -2.71. The van der Waals surface area contributed by atoms with E-state index in [1.807, 2.05) is 36.4 Å². The number of benzene rings is 2. The van der Waals surface area contributed by atoms with Crippen molar-refractivity contribution in [3.8, 4) is 22.9 Å². The Morgan fingerprint density at radius 2 is 1.89 bits per heavy atom. The highest BCUT2D eigenvalue weighted by atomic mass is 79.9. The molecule has 0 aliphatic rings. The third-order valence-corrected chi connectivity index (χ3v) is 5.49. The minimum atomic E-state index is -0.148. The summed E-state index contributed by atoms with van der Waals surface area (Å²) in [5.74, 6) is 1.65. The van der Waals surface area contributed by atoms with Crippen molar-refractivity contribution in [1.82, 2.24) is 14.6 Å². The second kappa shape index (κ2) is 7.13. The third-order valence-electron chi connectivity index (χ3n) is 4.04. The van der Waals surface area contributed by atoms with Crippen molar-refractivity contribution < 1.29 is 9.47 Å². The third kappa shape index (κ3) is 3.22. The van der Waals surface area contributed by atoms with Crippen LogP contribution >= 0.6 is 27.3 Å². The van der Waals surface area contributed by atoms with Crippen molar-refractivity contribution in [2.75, 3.05) is 14.2 Å². The Morgan fingerprint density at radius 3 is 2.63 bits per heavy atom. The van der Waals surface area contributed by atoms with Crippen molar-refractivity contribution in [1.29, 1.82) is 0 Å². The molecule has 0 radical (unpaired) electrons. The van der Waals surface area contributed by atoms with Gasteiger partial charge in [0.25, 0.3) is 5.56 Å². The molecule has 0 saturated heterocycles. The van der Waals surface area contributed by atoms with Gasteiger partial charge in [-0.3, -0.25) is 4.79 Å². The van der Waals surface area contributed by atoms with Crippen molar-refractivity contribution in [2.24, 2.45) is 0 Å². The van der Waals surface area contributed by atoms with E-state index in [0.717, 1.165) is 15.6 Å². The lowest BCUT2D eigenvalue weighted by atomic mass is 10.2. The number of aromatic nitrogens is 3. The molecule has 8 heteroatoms. The van der Waals surface area contributed by atoms with E-state index < -0.39 is 0 Å². The van der Waals surface area contributed by atoms with Gasteiger partial charge in [-0.1, -0.05) is 39.4 Å². The standard InChI is InChI=1S/C19H14BrN3O3S/c1-25-14-7-6-12(10-15(14)26-2)17-21-22-19-23(17)18(24)16(27-19)9-11-4-3-5-13(20)8-11/h3-10H,1-2H3/b16-9-. The van der Waals surface area contributed by atoms with Crippen LogP contribution in [-0.4, -0.2) is 28.8 Å². The predicted molar refractivity (Wildman–Crippen MR) is 109 cm³/mol. The fraction of sp³-hybridized carbons (Fsp3) is 0.105. The highest BCUT2D eigenvalue weighted by Crippen LogP contribution is 2.31. The fourth-order valence-corrected chi connectivity index (χ4v) is 4.10. The number of nitrogens with zero attached hydrogens (tertiary/aromatic N) is 3. The Bertz CT molecular complexity index is 1250. The first-order chi connectivity index (χ1) is 13.1. The number of fused-ring (bicyclic) bond motifs is 1. The monoisotopic (exact) mass is 443 g/mol. The molecular weight excluding hydrogens is 430 g/mol. The molecule has 0 aliphatic carbocycles. The van der Waals surface area contributed by atoms with Gasteiger partial charge in [0.1, 0.15) is 0 Å². The molecule has 0 atom stereocenters. The number of rotatable bonds is 4. The van der Waals surface area contributed by atoms with E-state index in [0.29, 0.717) is 26.8 Å². The Balaban J connectivity index is 1.88. The van der Waals surface area contributed by atoms with Gasteiger partial charge in [-0.25, -0.2) is 4.40 Å². The molecule has 0 aliphatic heterocycles.